The molecule has 0 spiro atoms. The van der Waals surface area contributed by atoms with Gasteiger partial charge in [0.1, 0.15) is 18.8 Å². The summed E-state index contributed by atoms with van der Waals surface area (Å²) in [6.07, 6.45) is 1.04. The molecule has 1 atom stereocenters. The Morgan fingerprint density at radius 2 is 1.21 bits per heavy atom. The van der Waals surface area contributed by atoms with Crippen molar-refractivity contribution in [2.75, 3.05) is 65.4 Å². The molecule has 3 amide bonds. The van der Waals surface area contributed by atoms with E-state index in [1.807, 2.05) is 81.4 Å². The number of unbranched alkanes of at least 4 members (excludes halogenated alkanes) is 1. The molecule has 13 nitrogen and oxygen atoms in total. The molecule has 0 aliphatic carbocycles. The lowest BCUT2D eigenvalue weighted by Gasteiger charge is -2.36. The van der Waals surface area contributed by atoms with Crippen molar-refractivity contribution in [1.82, 2.24) is 25.8 Å². The summed E-state index contributed by atoms with van der Waals surface area (Å²) in [7, 11) is 0. The van der Waals surface area contributed by atoms with Crippen molar-refractivity contribution in [1.29, 1.82) is 0 Å². The number of carbonyl (C=O) groups is 3. The lowest BCUT2D eigenvalue weighted by molar-refractivity contribution is 0.0526. The zero-order valence-corrected chi connectivity index (χ0v) is 29.0. The maximum atomic E-state index is 12.4. The summed E-state index contributed by atoms with van der Waals surface area (Å²) < 4.78 is 16.1. The second-order valence-corrected chi connectivity index (χ2v) is 12.5. The predicted molar refractivity (Wildman–Crippen MR) is 187 cm³/mol. The van der Waals surface area contributed by atoms with E-state index in [-0.39, 0.29) is 19.3 Å². The van der Waals surface area contributed by atoms with Gasteiger partial charge in [-0.2, -0.15) is 0 Å². The number of nitrogens with one attached hydrogen (secondary N) is 3. The first-order chi connectivity index (χ1) is 23.1. The van der Waals surface area contributed by atoms with Crippen molar-refractivity contribution in [2.45, 2.75) is 64.9 Å². The third kappa shape index (κ3) is 19.0. The molecule has 0 fully saturated rings. The number of hydrogen-bond donors (Lipinski definition) is 5. The van der Waals surface area contributed by atoms with E-state index < -0.39 is 23.9 Å². The van der Waals surface area contributed by atoms with E-state index in [2.05, 4.69) is 25.8 Å². The van der Waals surface area contributed by atoms with Crippen molar-refractivity contribution in [3.05, 3.63) is 71.8 Å². The van der Waals surface area contributed by atoms with E-state index in [4.69, 9.17) is 25.7 Å². The van der Waals surface area contributed by atoms with Gasteiger partial charge >= 0.3 is 18.3 Å². The fourth-order valence-corrected chi connectivity index (χ4v) is 4.98. The van der Waals surface area contributed by atoms with E-state index in [0.717, 1.165) is 30.4 Å². The molecule has 2 aromatic rings. The third-order valence-electron chi connectivity index (χ3n) is 7.27. The van der Waals surface area contributed by atoms with Crippen LogP contribution in [0.4, 0.5) is 14.4 Å². The molecule has 268 valence electrons. The molecule has 0 heterocycles. The summed E-state index contributed by atoms with van der Waals surface area (Å²) in [5, 5.41) is 8.51. The number of rotatable bonds is 22. The first kappa shape index (κ1) is 40.3. The van der Waals surface area contributed by atoms with Gasteiger partial charge in [0.05, 0.1) is 0 Å². The lowest BCUT2D eigenvalue weighted by Crippen LogP contribution is -2.50. The third-order valence-corrected chi connectivity index (χ3v) is 7.27. The summed E-state index contributed by atoms with van der Waals surface area (Å²) >= 11 is 0. The predicted octanol–water partition coefficient (Wildman–Crippen LogP) is 3.42. The van der Waals surface area contributed by atoms with Crippen molar-refractivity contribution >= 4 is 18.3 Å². The zero-order valence-electron chi connectivity index (χ0n) is 29.0. The van der Waals surface area contributed by atoms with Crippen LogP contribution in [-0.2, 0) is 27.4 Å². The average Bonchev–Trinajstić information content (AvgIpc) is 3.05. The molecule has 0 aliphatic heterocycles. The topological polar surface area (TPSA) is 174 Å². The van der Waals surface area contributed by atoms with Gasteiger partial charge in [-0.25, -0.2) is 14.4 Å². The highest BCUT2D eigenvalue weighted by Crippen LogP contribution is 2.12. The normalized spacial score (nSPS) is 12.0. The van der Waals surface area contributed by atoms with Gasteiger partial charge in [0.2, 0.25) is 0 Å². The summed E-state index contributed by atoms with van der Waals surface area (Å²) in [5.41, 5.74) is 13.3. The summed E-state index contributed by atoms with van der Waals surface area (Å²) in [5.74, 6) is 0. The molecule has 0 saturated carbocycles. The molecule has 0 radical (unpaired) electrons. The zero-order chi connectivity index (χ0) is 35.0. The number of carbonyl (C=O) groups excluding carboxylic acids is 3. The van der Waals surface area contributed by atoms with E-state index in [9.17, 15) is 14.4 Å². The van der Waals surface area contributed by atoms with Crippen molar-refractivity contribution in [3.63, 3.8) is 0 Å². The van der Waals surface area contributed by atoms with Crippen molar-refractivity contribution < 1.29 is 28.6 Å². The number of benzene rings is 2. The van der Waals surface area contributed by atoms with Crippen LogP contribution in [0.5, 0.6) is 0 Å². The Morgan fingerprint density at radius 1 is 0.688 bits per heavy atom. The quantitative estimate of drug-likeness (QED) is 0.0922. The number of nitrogens with zero attached hydrogens (tertiary/aromatic N) is 2. The minimum Gasteiger partial charge on any atom is -0.445 e. The second kappa shape index (κ2) is 23.4. The fraction of sp³-hybridized carbons (Fsp3) is 0.571. The maximum Gasteiger partial charge on any atom is 0.407 e. The Kier molecular flexibility index (Phi) is 19.6. The van der Waals surface area contributed by atoms with Gasteiger partial charge in [0, 0.05) is 71.5 Å². The monoisotopic (exact) mass is 671 g/mol. The molecule has 0 saturated heterocycles. The van der Waals surface area contributed by atoms with Gasteiger partial charge < -0.3 is 41.6 Å². The SMILES string of the molecule is CC(C)(C)OC(=O)NCCCCC(CN(CCN)CCNC(=O)OCc1ccccc1)N(CCN)CCNC(=O)OCc1ccccc1. The van der Waals surface area contributed by atoms with Gasteiger partial charge in [-0.3, -0.25) is 9.80 Å². The number of alkyl carbamates (subject to hydrolysis) is 3. The molecule has 0 bridgehead atoms. The minimum absolute atomic E-state index is 0.0776. The van der Waals surface area contributed by atoms with E-state index >= 15 is 0 Å². The molecule has 7 N–H and O–H groups in total. The summed E-state index contributed by atoms with van der Waals surface area (Å²) in [6, 6.07) is 19.1. The first-order valence-corrected chi connectivity index (χ1v) is 16.8. The number of nitrogens with two attached hydrogens (primary N) is 2. The Hall–Kier alpha value is -3.91. The van der Waals surface area contributed by atoms with Crippen LogP contribution in [0.25, 0.3) is 0 Å². The minimum atomic E-state index is -0.556. The van der Waals surface area contributed by atoms with E-state index in [1.165, 1.54) is 0 Å². The summed E-state index contributed by atoms with van der Waals surface area (Å²) in [6.45, 7) is 11.1. The molecule has 2 aromatic carbocycles. The van der Waals surface area contributed by atoms with Gasteiger partial charge in [-0.15, -0.1) is 0 Å². The standard InChI is InChI=1S/C35H57N7O6/c1-35(2,3)48-34(45)38-19-11-10-16-31(42(23-18-37)25-21-40-33(44)47-28-30-14-8-5-9-15-30)26-41(22-17-36)24-20-39-32(43)46-27-29-12-6-4-7-13-29/h4-9,12-15,31H,10-11,16-28,36-37H2,1-3H3,(H,38,45)(H,39,43)(H,40,44). The van der Waals surface area contributed by atoms with Crippen LogP contribution < -0.4 is 27.4 Å². The molecule has 48 heavy (non-hydrogen) atoms. The summed E-state index contributed by atoms with van der Waals surface area (Å²) in [4.78, 5) is 41.3. The van der Waals surface area contributed by atoms with Crippen LogP contribution in [0.1, 0.15) is 51.2 Å². The highest BCUT2D eigenvalue weighted by atomic mass is 16.6. The van der Waals surface area contributed by atoms with Crippen LogP contribution in [0.2, 0.25) is 0 Å². The van der Waals surface area contributed by atoms with Gasteiger partial charge in [-0.1, -0.05) is 67.1 Å². The second-order valence-electron chi connectivity index (χ2n) is 12.5. The Morgan fingerprint density at radius 3 is 1.73 bits per heavy atom. The number of hydrogen-bond acceptors (Lipinski definition) is 10. The average molecular weight is 672 g/mol. The molecule has 0 aliphatic rings. The van der Waals surface area contributed by atoms with Gasteiger partial charge in [0.15, 0.2) is 0 Å². The first-order valence-electron chi connectivity index (χ1n) is 16.8. The highest BCUT2D eigenvalue weighted by Gasteiger charge is 2.22. The van der Waals surface area contributed by atoms with Crippen molar-refractivity contribution in [3.8, 4) is 0 Å². The highest BCUT2D eigenvalue weighted by molar-refractivity contribution is 5.68. The van der Waals surface area contributed by atoms with Crippen LogP contribution >= 0.6 is 0 Å². The Balaban J connectivity index is 1.94. The lowest BCUT2D eigenvalue weighted by atomic mass is 10.1. The molecule has 2 rings (SSSR count). The molecular formula is C35H57N7O6. The maximum absolute atomic E-state index is 12.4. The largest absolute Gasteiger partial charge is 0.445 e. The number of amides is 3. The molecule has 13 heteroatoms. The van der Waals surface area contributed by atoms with Crippen molar-refractivity contribution in [2.24, 2.45) is 11.5 Å². The number of ether oxygens (including phenoxy) is 3. The van der Waals surface area contributed by atoms with E-state index in [0.29, 0.717) is 65.4 Å². The van der Waals surface area contributed by atoms with Crippen LogP contribution in [0.15, 0.2) is 60.7 Å². The Labute approximate surface area is 286 Å². The van der Waals surface area contributed by atoms with Crippen LogP contribution in [0.3, 0.4) is 0 Å². The fourth-order valence-electron chi connectivity index (χ4n) is 4.98. The smallest absolute Gasteiger partial charge is 0.407 e. The van der Waals surface area contributed by atoms with Gasteiger partial charge in [-0.05, 0) is 44.7 Å². The van der Waals surface area contributed by atoms with Gasteiger partial charge in [0.25, 0.3) is 0 Å². The van der Waals surface area contributed by atoms with Crippen LogP contribution in [-0.4, -0.2) is 105 Å². The molecular weight excluding hydrogens is 614 g/mol. The van der Waals surface area contributed by atoms with Crippen LogP contribution in [0, 0.1) is 0 Å². The molecule has 1 unspecified atom stereocenters. The molecule has 0 aromatic heterocycles. The van der Waals surface area contributed by atoms with E-state index in [1.54, 1.807) is 0 Å². The Bertz CT molecular complexity index is 1170.